The molecule has 0 aromatic carbocycles. The van der Waals surface area contributed by atoms with Crippen molar-refractivity contribution in [3.63, 3.8) is 0 Å². The summed E-state index contributed by atoms with van der Waals surface area (Å²) < 4.78 is 0. The monoisotopic (exact) mass is 155 g/mol. The second-order valence-corrected chi connectivity index (χ2v) is 1.62. The molecule has 3 heteroatoms. The second kappa shape index (κ2) is 9.04. The van der Waals surface area contributed by atoms with Crippen molar-refractivity contribution in [1.82, 2.24) is 0 Å². The van der Waals surface area contributed by atoms with Crippen LogP contribution < -0.4 is 5.73 Å². The minimum absolute atomic E-state index is 0. The van der Waals surface area contributed by atoms with Crippen LogP contribution in [0.5, 0.6) is 0 Å². The van der Waals surface area contributed by atoms with Crippen LogP contribution in [0, 0.1) is 0 Å². The van der Waals surface area contributed by atoms with Crippen LogP contribution in [0.25, 0.3) is 0 Å². The Bertz CT molecular complexity index is 18.3. The van der Waals surface area contributed by atoms with E-state index >= 15 is 0 Å². The van der Waals surface area contributed by atoms with Gasteiger partial charge in [0.25, 0.3) is 0 Å². The van der Waals surface area contributed by atoms with E-state index in [-0.39, 0.29) is 5.48 Å². The zero-order valence-corrected chi connectivity index (χ0v) is 5.16. The lowest BCUT2D eigenvalue weighted by atomic mass is 10.5. The van der Waals surface area contributed by atoms with Crippen LogP contribution in [-0.2, 0) is 0 Å². The van der Waals surface area contributed by atoms with Crippen LogP contribution in [0.15, 0.2) is 0 Å². The normalized spacial score (nSPS) is 7.00. The predicted octanol–water partition coefficient (Wildman–Crippen LogP) is -0.0946. The summed E-state index contributed by atoms with van der Waals surface area (Å²) in [6, 6.07) is 0. The molecule has 0 radical (unpaired) electrons. The van der Waals surface area contributed by atoms with Gasteiger partial charge in [0.1, 0.15) is 0 Å². The molecule has 0 aliphatic carbocycles. The highest BCUT2D eigenvalue weighted by Gasteiger charge is 1.69. The Labute approximate surface area is 46.2 Å². The van der Waals surface area contributed by atoms with Gasteiger partial charge in [-0.05, 0) is 13.0 Å². The highest BCUT2D eigenvalue weighted by Crippen LogP contribution is 1.80. The van der Waals surface area contributed by atoms with Crippen molar-refractivity contribution in [2.24, 2.45) is 5.73 Å². The largest absolute Gasteiger partial charge is 0.412 e. The van der Waals surface area contributed by atoms with Gasteiger partial charge in [-0.25, -0.2) is 0 Å². The zero-order valence-electron chi connectivity index (χ0n) is 3.58. The molecule has 0 unspecified atom stereocenters. The van der Waals surface area contributed by atoms with Crippen molar-refractivity contribution in [3.8, 4) is 0 Å². The number of hydrogen-bond donors (Lipinski definition) is 1. The molecule has 0 saturated carbocycles. The highest BCUT2D eigenvalue weighted by atomic mass is 79.9. The molecule has 0 aromatic rings. The summed E-state index contributed by atoms with van der Waals surface area (Å²) in [5, 5.41) is 1.03. The van der Waals surface area contributed by atoms with Gasteiger partial charge >= 0.3 is 0 Å². The van der Waals surface area contributed by atoms with Crippen LogP contribution in [0.4, 0.5) is 0 Å². The summed E-state index contributed by atoms with van der Waals surface area (Å²) in [5.74, 6) is 0. The fraction of sp³-hybridized carbons (Fsp3) is 1.00. The minimum Gasteiger partial charge on any atom is -0.412 e. The zero-order chi connectivity index (χ0) is 4.12. The summed E-state index contributed by atoms with van der Waals surface area (Å²) in [5.41, 5.74) is 5.11. The molecule has 0 heterocycles. The third kappa shape index (κ3) is 8.83. The van der Waals surface area contributed by atoms with E-state index in [1.165, 1.54) is 0 Å². The molecule has 40 valence electrons. The van der Waals surface area contributed by atoms with Gasteiger partial charge in [0.15, 0.2) is 0 Å². The molecule has 0 aliphatic rings. The van der Waals surface area contributed by atoms with Crippen molar-refractivity contribution in [2.45, 2.75) is 6.42 Å². The molecule has 0 aromatic heterocycles. The SMILES string of the molecule is NCCCBr.O. The lowest BCUT2D eigenvalue weighted by molar-refractivity contribution is 0.824. The smallest absolute Gasteiger partial charge is 0.00433 e. The first-order valence-corrected chi connectivity index (χ1v) is 2.80. The Kier molecular flexibility index (Phi) is 14.5. The van der Waals surface area contributed by atoms with E-state index in [1.807, 2.05) is 0 Å². The minimum atomic E-state index is 0. The maximum absolute atomic E-state index is 5.11. The van der Waals surface area contributed by atoms with Gasteiger partial charge in [0, 0.05) is 5.33 Å². The van der Waals surface area contributed by atoms with Gasteiger partial charge in [-0.1, -0.05) is 15.9 Å². The van der Waals surface area contributed by atoms with E-state index in [0.717, 1.165) is 18.3 Å². The average molecular weight is 156 g/mol. The molecule has 0 amide bonds. The van der Waals surface area contributed by atoms with Crippen LogP contribution in [-0.4, -0.2) is 17.4 Å². The number of nitrogens with two attached hydrogens (primary N) is 1. The topological polar surface area (TPSA) is 57.5 Å². The first-order valence-electron chi connectivity index (χ1n) is 1.68. The molecular weight excluding hydrogens is 146 g/mol. The Morgan fingerprint density at radius 1 is 1.50 bits per heavy atom. The first kappa shape index (κ1) is 9.64. The third-order valence-electron chi connectivity index (χ3n) is 0.338. The Balaban J connectivity index is 0. The number of alkyl halides is 1. The van der Waals surface area contributed by atoms with E-state index < -0.39 is 0 Å². The molecule has 0 bridgehead atoms. The maximum atomic E-state index is 5.11. The lowest BCUT2D eigenvalue weighted by Crippen LogP contribution is -1.97. The van der Waals surface area contributed by atoms with Crippen LogP contribution in [0.2, 0.25) is 0 Å². The molecule has 0 fully saturated rings. The summed E-state index contributed by atoms with van der Waals surface area (Å²) in [4.78, 5) is 0. The third-order valence-corrected chi connectivity index (χ3v) is 0.898. The van der Waals surface area contributed by atoms with Gasteiger partial charge < -0.3 is 11.2 Å². The fourth-order valence-corrected chi connectivity index (χ4v) is 0.401. The van der Waals surface area contributed by atoms with Gasteiger partial charge in [-0.15, -0.1) is 0 Å². The van der Waals surface area contributed by atoms with Gasteiger partial charge in [-0.2, -0.15) is 0 Å². The van der Waals surface area contributed by atoms with Crippen molar-refractivity contribution in [2.75, 3.05) is 11.9 Å². The average Bonchev–Trinajstić information content (AvgIpc) is 1.41. The number of hydrogen-bond acceptors (Lipinski definition) is 1. The molecule has 0 aliphatic heterocycles. The molecule has 4 N–H and O–H groups in total. The number of halogens is 1. The predicted molar refractivity (Wildman–Crippen MR) is 31.1 cm³/mol. The molecule has 0 rings (SSSR count). The summed E-state index contributed by atoms with van der Waals surface area (Å²) >= 11 is 3.23. The lowest BCUT2D eigenvalue weighted by Gasteiger charge is -1.78. The fourth-order valence-electron chi connectivity index (χ4n) is 0.0772. The van der Waals surface area contributed by atoms with Crippen LogP contribution >= 0.6 is 15.9 Å². The standard InChI is InChI=1S/C3H8BrN.H2O/c4-2-1-3-5;/h1-3,5H2;1H2. The van der Waals surface area contributed by atoms with Crippen molar-refractivity contribution in [1.29, 1.82) is 0 Å². The van der Waals surface area contributed by atoms with Crippen molar-refractivity contribution in [3.05, 3.63) is 0 Å². The van der Waals surface area contributed by atoms with E-state index in [9.17, 15) is 0 Å². The second-order valence-electron chi connectivity index (χ2n) is 0.831. The van der Waals surface area contributed by atoms with Gasteiger partial charge in [0.2, 0.25) is 0 Å². The molecule has 6 heavy (non-hydrogen) atoms. The van der Waals surface area contributed by atoms with Crippen molar-refractivity contribution < 1.29 is 5.48 Å². The van der Waals surface area contributed by atoms with E-state index in [0.29, 0.717) is 0 Å². The van der Waals surface area contributed by atoms with Gasteiger partial charge in [-0.3, -0.25) is 0 Å². The molecule has 2 nitrogen and oxygen atoms in total. The highest BCUT2D eigenvalue weighted by molar-refractivity contribution is 9.09. The van der Waals surface area contributed by atoms with E-state index in [1.54, 1.807) is 0 Å². The van der Waals surface area contributed by atoms with E-state index in [4.69, 9.17) is 5.73 Å². The molecule has 0 spiro atoms. The maximum Gasteiger partial charge on any atom is 0.00433 e. The van der Waals surface area contributed by atoms with Gasteiger partial charge in [0.05, 0.1) is 0 Å². The quantitative estimate of drug-likeness (QED) is 0.558. The summed E-state index contributed by atoms with van der Waals surface area (Å²) in [6.07, 6.45) is 1.08. The number of rotatable bonds is 2. The first-order chi connectivity index (χ1) is 2.41. The summed E-state index contributed by atoms with van der Waals surface area (Å²) in [7, 11) is 0. The van der Waals surface area contributed by atoms with E-state index in [2.05, 4.69) is 15.9 Å². The van der Waals surface area contributed by atoms with Crippen molar-refractivity contribution >= 4 is 15.9 Å². The molecule has 0 atom stereocenters. The Morgan fingerprint density at radius 3 is 2.00 bits per heavy atom. The van der Waals surface area contributed by atoms with Crippen LogP contribution in [0.1, 0.15) is 6.42 Å². The van der Waals surface area contributed by atoms with Crippen LogP contribution in [0.3, 0.4) is 0 Å². The molecule has 0 saturated heterocycles. The Morgan fingerprint density at radius 2 is 2.00 bits per heavy atom. The summed E-state index contributed by atoms with van der Waals surface area (Å²) in [6.45, 7) is 0.797. The Hall–Kier alpha value is 0.400. The molecular formula is C3H10BrNO.